The molecule has 2 aromatic heterocycles. The molecule has 0 spiro atoms. The highest BCUT2D eigenvalue weighted by Crippen LogP contribution is 2.25. The highest BCUT2D eigenvalue weighted by molar-refractivity contribution is 6.36. The zero-order valence-electron chi connectivity index (χ0n) is 13.1. The van der Waals surface area contributed by atoms with Crippen LogP contribution in [0.5, 0.6) is 0 Å². The first-order valence-corrected chi connectivity index (χ1v) is 8.48. The van der Waals surface area contributed by atoms with Crippen LogP contribution in [-0.2, 0) is 13.1 Å². The SMILES string of the molecule is CCn1ncc(Cl)c1C(=O)Nc1ncn(Cc2c(Cl)cccc2Cl)n1. The summed E-state index contributed by atoms with van der Waals surface area (Å²) in [6.45, 7) is 2.71. The number of benzene rings is 1. The van der Waals surface area contributed by atoms with Crippen LogP contribution in [0.4, 0.5) is 5.95 Å². The van der Waals surface area contributed by atoms with Crippen LogP contribution in [-0.4, -0.2) is 30.5 Å². The van der Waals surface area contributed by atoms with Crippen LogP contribution in [0.2, 0.25) is 15.1 Å². The summed E-state index contributed by atoms with van der Waals surface area (Å²) in [4.78, 5) is 16.4. The van der Waals surface area contributed by atoms with E-state index < -0.39 is 5.91 Å². The first kappa shape index (κ1) is 17.7. The lowest BCUT2D eigenvalue weighted by Gasteiger charge is -2.06. The average molecular weight is 400 g/mol. The topological polar surface area (TPSA) is 77.6 Å². The normalized spacial score (nSPS) is 10.9. The second kappa shape index (κ2) is 7.43. The largest absolute Gasteiger partial charge is 0.288 e. The summed E-state index contributed by atoms with van der Waals surface area (Å²) >= 11 is 18.3. The van der Waals surface area contributed by atoms with E-state index in [0.717, 1.165) is 5.56 Å². The maximum Gasteiger partial charge on any atom is 0.277 e. The van der Waals surface area contributed by atoms with Gasteiger partial charge in [0.15, 0.2) is 0 Å². The summed E-state index contributed by atoms with van der Waals surface area (Å²) in [7, 11) is 0. The number of amides is 1. The molecule has 0 aliphatic heterocycles. The Bertz CT molecular complexity index is 900. The van der Waals surface area contributed by atoms with E-state index in [4.69, 9.17) is 34.8 Å². The van der Waals surface area contributed by atoms with Gasteiger partial charge in [0.2, 0.25) is 5.95 Å². The van der Waals surface area contributed by atoms with Crippen molar-refractivity contribution >= 4 is 46.7 Å². The quantitative estimate of drug-likeness (QED) is 0.708. The van der Waals surface area contributed by atoms with Gasteiger partial charge in [0.25, 0.3) is 5.91 Å². The minimum Gasteiger partial charge on any atom is -0.288 e. The van der Waals surface area contributed by atoms with Gasteiger partial charge < -0.3 is 0 Å². The summed E-state index contributed by atoms with van der Waals surface area (Å²) in [6.07, 6.45) is 2.90. The Hall–Kier alpha value is -2.09. The van der Waals surface area contributed by atoms with Crippen molar-refractivity contribution < 1.29 is 4.79 Å². The molecule has 0 radical (unpaired) electrons. The van der Waals surface area contributed by atoms with Gasteiger partial charge in [-0.05, 0) is 19.1 Å². The number of hydrogen-bond acceptors (Lipinski definition) is 4. The van der Waals surface area contributed by atoms with Gasteiger partial charge in [0, 0.05) is 22.2 Å². The molecule has 2 heterocycles. The minimum atomic E-state index is -0.433. The molecule has 10 heteroatoms. The smallest absolute Gasteiger partial charge is 0.277 e. The number of halogens is 3. The molecule has 25 heavy (non-hydrogen) atoms. The molecule has 1 N–H and O–H groups in total. The molecule has 3 aromatic rings. The van der Waals surface area contributed by atoms with E-state index in [1.807, 2.05) is 6.92 Å². The van der Waals surface area contributed by atoms with Crippen LogP contribution in [0, 0.1) is 0 Å². The molecule has 0 atom stereocenters. The Morgan fingerprint density at radius 2 is 1.92 bits per heavy atom. The Labute approximate surface area is 158 Å². The van der Waals surface area contributed by atoms with Crippen molar-refractivity contribution in [3.8, 4) is 0 Å². The molecule has 0 bridgehead atoms. The zero-order chi connectivity index (χ0) is 18.0. The molecule has 130 valence electrons. The van der Waals surface area contributed by atoms with Crippen molar-refractivity contribution in [3.05, 3.63) is 57.0 Å². The number of aryl methyl sites for hydroxylation is 1. The first-order chi connectivity index (χ1) is 12.0. The first-order valence-electron chi connectivity index (χ1n) is 7.34. The van der Waals surface area contributed by atoms with Crippen LogP contribution in [0.3, 0.4) is 0 Å². The lowest BCUT2D eigenvalue weighted by atomic mass is 10.2. The third-order valence-corrected chi connectivity index (χ3v) is 4.44. The van der Waals surface area contributed by atoms with Gasteiger partial charge in [-0.15, -0.1) is 5.10 Å². The standard InChI is InChI=1S/C15H13Cl3N6O/c1-2-24-13(12(18)6-20-24)14(25)21-15-19-8-23(22-15)7-9-10(16)4-3-5-11(9)17/h3-6,8H,2,7H2,1H3,(H,21,22,25). The number of carbonyl (C=O) groups is 1. The molecule has 0 fully saturated rings. The third kappa shape index (κ3) is 3.78. The molecule has 0 saturated heterocycles. The molecule has 7 nitrogen and oxygen atoms in total. The van der Waals surface area contributed by atoms with E-state index >= 15 is 0 Å². The van der Waals surface area contributed by atoms with Crippen molar-refractivity contribution in [2.75, 3.05) is 5.32 Å². The molecule has 0 saturated carbocycles. The number of aromatic nitrogens is 5. The lowest BCUT2D eigenvalue weighted by Crippen LogP contribution is -2.18. The minimum absolute atomic E-state index is 0.146. The van der Waals surface area contributed by atoms with Gasteiger partial charge in [-0.2, -0.15) is 5.10 Å². The number of anilines is 1. The predicted octanol–water partition coefficient (Wildman–Crippen LogP) is 3.76. The van der Waals surface area contributed by atoms with Gasteiger partial charge in [0.05, 0.1) is 17.8 Å². The van der Waals surface area contributed by atoms with E-state index in [1.54, 1.807) is 18.2 Å². The molecule has 0 aliphatic carbocycles. The molecule has 3 rings (SSSR count). The van der Waals surface area contributed by atoms with E-state index in [-0.39, 0.29) is 16.7 Å². The number of hydrogen-bond donors (Lipinski definition) is 1. The Morgan fingerprint density at radius 1 is 1.20 bits per heavy atom. The summed E-state index contributed by atoms with van der Waals surface area (Å²) in [5.41, 5.74) is 0.982. The predicted molar refractivity (Wildman–Crippen MR) is 96.5 cm³/mol. The van der Waals surface area contributed by atoms with Crippen molar-refractivity contribution in [1.29, 1.82) is 0 Å². The summed E-state index contributed by atoms with van der Waals surface area (Å²) in [5, 5.41) is 12.2. The molecular formula is C15H13Cl3N6O. The summed E-state index contributed by atoms with van der Waals surface area (Å²) in [6, 6.07) is 5.26. The number of nitrogens with zero attached hydrogens (tertiary/aromatic N) is 5. The Balaban J connectivity index is 1.76. The van der Waals surface area contributed by atoms with Crippen molar-refractivity contribution in [1.82, 2.24) is 24.5 Å². The average Bonchev–Trinajstić information content (AvgIpc) is 3.17. The van der Waals surface area contributed by atoms with Gasteiger partial charge in [-0.25, -0.2) is 9.67 Å². The highest BCUT2D eigenvalue weighted by Gasteiger charge is 2.18. The fourth-order valence-electron chi connectivity index (χ4n) is 2.26. The van der Waals surface area contributed by atoms with Gasteiger partial charge in [-0.1, -0.05) is 40.9 Å². The van der Waals surface area contributed by atoms with E-state index in [9.17, 15) is 4.79 Å². The van der Waals surface area contributed by atoms with Crippen LogP contribution < -0.4 is 5.32 Å². The van der Waals surface area contributed by atoms with Crippen LogP contribution >= 0.6 is 34.8 Å². The van der Waals surface area contributed by atoms with Crippen molar-refractivity contribution in [2.24, 2.45) is 0 Å². The second-order valence-electron chi connectivity index (χ2n) is 5.08. The van der Waals surface area contributed by atoms with Crippen LogP contribution in [0.25, 0.3) is 0 Å². The monoisotopic (exact) mass is 398 g/mol. The summed E-state index contributed by atoms with van der Waals surface area (Å²) < 4.78 is 3.03. The van der Waals surface area contributed by atoms with Crippen LogP contribution in [0.15, 0.2) is 30.7 Å². The second-order valence-corrected chi connectivity index (χ2v) is 6.30. The zero-order valence-corrected chi connectivity index (χ0v) is 15.3. The van der Waals surface area contributed by atoms with Gasteiger partial charge in [0.1, 0.15) is 12.0 Å². The number of nitrogens with one attached hydrogen (secondary N) is 1. The Kier molecular flexibility index (Phi) is 5.27. The fraction of sp³-hybridized carbons (Fsp3) is 0.200. The number of carbonyl (C=O) groups excluding carboxylic acids is 1. The lowest BCUT2D eigenvalue weighted by molar-refractivity contribution is 0.101. The van der Waals surface area contributed by atoms with Crippen LogP contribution in [0.1, 0.15) is 23.0 Å². The number of rotatable bonds is 5. The maximum absolute atomic E-state index is 12.4. The summed E-state index contributed by atoms with van der Waals surface area (Å²) in [5.74, 6) is -0.286. The fourth-order valence-corrected chi connectivity index (χ4v) is 3.01. The molecular weight excluding hydrogens is 387 g/mol. The molecule has 0 unspecified atom stereocenters. The van der Waals surface area contributed by atoms with Gasteiger partial charge in [-0.3, -0.25) is 14.8 Å². The molecule has 0 aliphatic rings. The Morgan fingerprint density at radius 3 is 2.60 bits per heavy atom. The van der Waals surface area contributed by atoms with Crippen molar-refractivity contribution in [2.45, 2.75) is 20.0 Å². The van der Waals surface area contributed by atoms with Crippen molar-refractivity contribution in [3.63, 3.8) is 0 Å². The molecule has 1 aromatic carbocycles. The molecule has 1 amide bonds. The maximum atomic E-state index is 12.4. The third-order valence-electron chi connectivity index (χ3n) is 3.45. The van der Waals surface area contributed by atoms with E-state index in [1.165, 1.54) is 21.9 Å². The van der Waals surface area contributed by atoms with E-state index in [0.29, 0.717) is 23.1 Å². The highest BCUT2D eigenvalue weighted by atomic mass is 35.5. The van der Waals surface area contributed by atoms with E-state index in [2.05, 4.69) is 20.5 Å². The van der Waals surface area contributed by atoms with Gasteiger partial charge >= 0.3 is 0 Å².